The molecule has 2 rings (SSSR count). The quantitative estimate of drug-likeness (QED) is 0.318. The van der Waals surface area contributed by atoms with Gasteiger partial charge in [-0.3, -0.25) is 14.5 Å². The van der Waals surface area contributed by atoms with Crippen molar-refractivity contribution in [3.8, 4) is 11.5 Å². The Labute approximate surface area is 175 Å². The number of benzene rings is 1. The van der Waals surface area contributed by atoms with Crippen molar-refractivity contribution in [2.75, 3.05) is 20.3 Å². The van der Waals surface area contributed by atoms with E-state index in [0.29, 0.717) is 30.3 Å². The van der Waals surface area contributed by atoms with Crippen molar-refractivity contribution in [3.63, 3.8) is 0 Å². The minimum atomic E-state index is -0.979. The van der Waals surface area contributed by atoms with E-state index in [0.717, 1.165) is 20.2 Å². The number of carbonyl (C=O) groups excluding carboxylic acids is 3. The van der Waals surface area contributed by atoms with Gasteiger partial charge in [0.1, 0.15) is 6.04 Å². The fourth-order valence-corrected chi connectivity index (χ4v) is 4.15. The number of hydrogen-bond donors (Lipinski definition) is 0. The van der Waals surface area contributed by atoms with Crippen LogP contribution in [0.25, 0.3) is 6.08 Å². The highest BCUT2D eigenvalue weighted by Gasteiger charge is 2.41. The number of esters is 1. The maximum Gasteiger partial charge on any atom is 0.328 e. The van der Waals surface area contributed by atoms with E-state index in [1.54, 1.807) is 12.1 Å². The van der Waals surface area contributed by atoms with Crippen LogP contribution in [0.5, 0.6) is 11.5 Å². The zero-order valence-electron chi connectivity index (χ0n) is 15.4. The number of rotatable bonds is 7. The second kappa shape index (κ2) is 9.45. The number of halogens is 1. The fourth-order valence-electron chi connectivity index (χ4n) is 2.46. The summed E-state index contributed by atoms with van der Waals surface area (Å²) in [6.45, 7) is 6.18. The van der Waals surface area contributed by atoms with E-state index in [-0.39, 0.29) is 4.91 Å². The zero-order chi connectivity index (χ0) is 20.1. The molecule has 1 aromatic carbocycles. The number of amides is 2. The van der Waals surface area contributed by atoms with Gasteiger partial charge in [0.05, 0.1) is 28.8 Å². The molecule has 0 spiro atoms. The molecule has 7 nitrogen and oxygen atoms in total. The first-order chi connectivity index (χ1) is 12.8. The predicted octanol–water partition coefficient (Wildman–Crippen LogP) is 3.69. The third-order valence-electron chi connectivity index (χ3n) is 3.67. The van der Waals surface area contributed by atoms with Crippen LogP contribution in [0.1, 0.15) is 26.3 Å². The molecule has 27 heavy (non-hydrogen) atoms. The Morgan fingerprint density at radius 2 is 1.93 bits per heavy atom. The third kappa shape index (κ3) is 4.75. The molecular weight excluding hydrogens is 485 g/mol. The van der Waals surface area contributed by atoms with Gasteiger partial charge in [0, 0.05) is 0 Å². The first-order valence-electron chi connectivity index (χ1n) is 8.28. The lowest BCUT2D eigenvalue weighted by atomic mass is 10.1. The summed E-state index contributed by atoms with van der Waals surface area (Å²) in [6, 6.07) is 2.62. The van der Waals surface area contributed by atoms with Crippen molar-refractivity contribution in [2.45, 2.75) is 26.8 Å². The van der Waals surface area contributed by atoms with Crippen molar-refractivity contribution in [2.24, 2.45) is 0 Å². The van der Waals surface area contributed by atoms with Gasteiger partial charge in [0.25, 0.3) is 11.1 Å². The van der Waals surface area contributed by atoms with Gasteiger partial charge < -0.3 is 14.2 Å². The summed E-state index contributed by atoms with van der Waals surface area (Å²) < 4.78 is 16.7. The Morgan fingerprint density at radius 1 is 1.26 bits per heavy atom. The van der Waals surface area contributed by atoms with E-state index >= 15 is 0 Å². The number of hydrogen-bond acceptors (Lipinski definition) is 7. The molecule has 1 heterocycles. The minimum absolute atomic E-state index is 0.234. The van der Waals surface area contributed by atoms with E-state index in [9.17, 15) is 14.4 Å². The van der Waals surface area contributed by atoms with Gasteiger partial charge in [0.15, 0.2) is 11.5 Å². The Morgan fingerprint density at radius 3 is 2.52 bits per heavy atom. The van der Waals surface area contributed by atoms with Crippen LogP contribution >= 0.6 is 34.4 Å². The lowest BCUT2D eigenvalue weighted by molar-refractivity contribution is -0.148. The highest BCUT2D eigenvalue weighted by atomic mass is 127. The number of carbonyl (C=O) groups is 3. The molecular formula is C18H20INO6S. The topological polar surface area (TPSA) is 82.1 Å². The predicted molar refractivity (Wildman–Crippen MR) is 111 cm³/mol. The van der Waals surface area contributed by atoms with Gasteiger partial charge in [-0.1, -0.05) is 0 Å². The maximum absolute atomic E-state index is 12.6. The Kier molecular flexibility index (Phi) is 7.54. The number of nitrogens with zero attached hydrogens (tertiary/aromatic N) is 1. The van der Waals surface area contributed by atoms with E-state index < -0.39 is 23.2 Å². The number of thioether (sulfide) groups is 1. The average molecular weight is 505 g/mol. The van der Waals surface area contributed by atoms with Gasteiger partial charge in [-0.15, -0.1) is 0 Å². The van der Waals surface area contributed by atoms with Crippen LogP contribution in [0, 0.1) is 3.57 Å². The Balaban J connectivity index is 2.37. The van der Waals surface area contributed by atoms with E-state index in [4.69, 9.17) is 9.47 Å². The Hall–Kier alpha value is -1.75. The lowest BCUT2D eigenvalue weighted by Gasteiger charge is -2.18. The summed E-state index contributed by atoms with van der Waals surface area (Å²) in [5.74, 6) is 0.0433. The molecule has 1 atom stereocenters. The molecule has 9 heteroatoms. The van der Waals surface area contributed by atoms with Gasteiger partial charge in [-0.05, 0) is 78.9 Å². The van der Waals surface area contributed by atoms with Crippen LogP contribution in [0.4, 0.5) is 4.79 Å². The zero-order valence-corrected chi connectivity index (χ0v) is 18.4. The van der Waals surface area contributed by atoms with Crippen molar-refractivity contribution in [1.82, 2.24) is 4.90 Å². The maximum atomic E-state index is 12.6. The molecule has 0 unspecified atom stereocenters. The summed E-state index contributed by atoms with van der Waals surface area (Å²) in [5, 5.41) is -0.505. The number of imide groups is 1. The Bertz CT molecular complexity index is 794. The molecule has 1 saturated heterocycles. The molecule has 1 fully saturated rings. The van der Waals surface area contributed by atoms with Crippen molar-refractivity contribution in [3.05, 3.63) is 26.2 Å². The highest BCUT2D eigenvalue weighted by Crippen LogP contribution is 2.38. The molecule has 1 aliphatic rings. The number of methoxy groups -OCH3 is 1. The molecule has 1 aliphatic heterocycles. The molecule has 0 aliphatic carbocycles. The van der Waals surface area contributed by atoms with Crippen molar-refractivity contribution >= 4 is 57.5 Å². The highest BCUT2D eigenvalue weighted by molar-refractivity contribution is 14.1. The summed E-state index contributed by atoms with van der Waals surface area (Å²) in [7, 11) is 1.21. The van der Waals surface area contributed by atoms with Crippen molar-refractivity contribution in [1.29, 1.82) is 0 Å². The van der Waals surface area contributed by atoms with Crippen LogP contribution in [0.3, 0.4) is 0 Å². The van der Waals surface area contributed by atoms with Crippen LogP contribution in [-0.2, 0) is 14.3 Å². The van der Waals surface area contributed by atoms with Gasteiger partial charge in [-0.25, -0.2) is 4.79 Å². The van der Waals surface area contributed by atoms with E-state index in [1.807, 2.05) is 19.9 Å². The molecule has 1 aromatic rings. The van der Waals surface area contributed by atoms with Gasteiger partial charge >= 0.3 is 5.97 Å². The summed E-state index contributed by atoms with van der Waals surface area (Å²) in [6.07, 6.45) is 1.61. The second-order valence-corrected chi connectivity index (χ2v) is 7.60. The normalized spacial score (nSPS) is 16.6. The minimum Gasteiger partial charge on any atom is -0.490 e. The average Bonchev–Trinajstić information content (AvgIpc) is 2.90. The molecule has 2 amide bonds. The van der Waals surface area contributed by atoms with Crippen LogP contribution in [0.2, 0.25) is 0 Å². The van der Waals surface area contributed by atoms with Crippen LogP contribution in [0.15, 0.2) is 17.0 Å². The fraction of sp³-hybridized carbons (Fsp3) is 0.389. The molecule has 146 valence electrons. The van der Waals surface area contributed by atoms with Crippen molar-refractivity contribution < 1.29 is 28.6 Å². The standard InChI is InChI=1S/C18H20INO6S/c1-5-25-13-8-11(7-12(19)15(13)26-6-2)9-14-16(21)20(18(23)27-14)10(3)17(22)24-4/h7-10H,5-6H2,1-4H3/b14-9+/t10-/m0/s1. The monoisotopic (exact) mass is 505 g/mol. The SMILES string of the molecule is CCOc1cc(/C=C2/SC(=O)N([C@@H](C)C(=O)OC)C2=O)cc(I)c1OCC. The van der Waals surface area contributed by atoms with Gasteiger partial charge in [0.2, 0.25) is 0 Å². The third-order valence-corrected chi connectivity index (χ3v) is 5.36. The molecule has 0 radical (unpaired) electrons. The summed E-state index contributed by atoms with van der Waals surface area (Å²) >= 11 is 2.92. The molecule has 0 aromatic heterocycles. The smallest absolute Gasteiger partial charge is 0.328 e. The van der Waals surface area contributed by atoms with Crippen LogP contribution < -0.4 is 9.47 Å². The summed E-state index contributed by atoms with van der Waals surface area (Å²) in [5.41, 5.74) is 0.697. The van der Waals surface area contributed by atoms with Gasteiger partial charge in [-0.2, -0.15) is 0 Å². The molecule has 0 bridgehead atoms. The van der Waals surface area contributed by atoms with E-state index in [2.05, 4.69) is 27.3 Å². The lowest BCUT2D eigenvalue weighted by Crippen LogP contribution is -2.42. The first kappa shape index (κ1) is 21.5. The summed E-state index contributed by atoms with van der Waals surface area (Å²) in [4.78, 5) is 37.6. The van der Waals surface area contributed by atoms with E-state index in [1.165, 1.54) is 14.0 Å². The molecule has 0 saturated carbocycles. The van der Waals surface area contributed by atoms with Crippen LogP contribution in [-0.4, -0.2) is 48.4 Å². The second-order valence-electron chi connectivity index (χ2n) is 5.45. The first-order valence-corrected chi connectivity index (χ1v) is 10.2. The molecule has 0 N–H and O–H groups in total. The largest absolute Gasteiger partial charge is 0.490 e. The number of ether oxygens (including phenoxy) is 3.